The number of aromatic hydroxyl groups is 1. The van der Waals surface area contributed by atoms with E-state index < -0.39 is 0 Å². The van der Waals surface area contributed by atoms with Gasteiger partial charge in [-0.15, -0.1) is 0 Å². The summed E-state index contributed by atoms with van der Waals surface area (Å²) in [5, 5.41) is 20.9. The summed E-state index contributed by atoms with van der Waals surface area (Å²) in [5.74, 6) is 0.300. The van der Waals surface area contributed by atoms with Crippen LogP contribution in [0.5, 0.6) is 5.75 Å². The molecule has 6 heteroatoms. The summed E-state index contributed by atoms with van der Waals surface area (Å²) in [4.78, 5) is 2.19. The first-order valence-corrected chi connectivity index (χ1v) is 9.37. The van der Waals surface area contributed by atoms with Gasteiger partial charge in [0.2, 0.25) is 0 Å². The third kappa shape index (κ3) is 6.47. The van der Waals surface area contributed by atoms with E-state index in [2.05, 4.69) is 46.5 Å². The van der Waals surface area contributed by atoms with Crippen LogP contribution in [-0.4, -0.2) is 48.3 Å². The van der Waals surface area contributed by atoms with Crippen molar-refractivity contribution >= 4 is 28.7 Å². The van der Waals surface area contributed by atoms with Crippen LogP contribution in [0.25, 0.3) is 0 Å². The summed E-state index contributed by atoms with van der Waals surface area (Å²) in [6.45, 7) is 1.62. The van der Waals surface area contributed by atoms with E-state index >= 15 is 0 Å². The third-order valence-corrected chi connectivity index (χ3v) is 4.94. The molecule has 0 bridgehead atoms. The average molecular weight is 364 g/mol. The molecule has 0 fully saturated rings. The van der Waals surface area contributed by atoms with E-state index in [4.69, 9.17) is 12.2 Å². The quantitative estimate of drug-likeness (QED) is 0.630. The first-order valence-electron chi connectivity index (χ1n) is 8.01. The predicted octanol–water partition coefficient (Wildman–Crippen LogP) is 2.63. The van der Waals surface area contributed by atoms with Crippen LogP contribution in [0.2, 0.25) is 0 Å². The van der Waals surface area contributed by atoms with Crippen LogP contribution >= 0.6 is 23.6 Å². The molecule has 0 spiro atoms. The van der Waals surface area contributed by atoms with Gasteiger partial charge in [-0.3, -0.25) is 0 Å². The summed E-state index contributed by atoms with van der Waals surface area (Å²) in [7, 11) is 4.14. The highest BCUT2D eigenvalue weighted by Crippen LogP contribution is 2.12. The van der Waals surface area contributed by atoms with E-state index in [1.54, 1.807) is 23.5 Å². The molecule has 130 valence electrons. The number of likely N-dealkylation sites (N-methyl/N-ethyl adjacent to an activating group) is 1. The van der Waals surface area contributed by atoms with Gasteiger partial charge in [0, 0.05) is 19.1 Å². The Morgan fingerprint density at radius 2 is 1.92 bits per heavy atom. The Morgan fingerprint density at radius 3 is 2.54 bits per heavy atom. The molecule has 2 aromatic rings. The molecule has 0 aliphatic carbocycles. The van der Waals surface area contributed by atoms with Crippen molar-refractivity contribution in [2.75, 3.05) is 27.2 Å². The van der Waals surface area contributed by atoms with E-state index in [-0.39, 0.29) is 0 Å². The zero-order valence-corrected chi connectivity index (χ0v) is 15.8. The summed E-state index contributed by atoms with van der Waals surface area (Å²) in [6.07, 6.45) is 1.88. The molecule has 0 aliphatic rings. The fourth-order valence-electron chi connectivity index (χ4n) is 2.37. The highest BCUT2D eigenvalue weighted by atomic mass is 32.1. The van der Waals surface area contributed by atoms with Gasteiger partial charge >= 0.3 is 0 Å². The number of phenolic OH excluding ortho intramolecular Hbond substituents is 1. The maximum Gasteiger partial charge on any atom is 0.166 e. The molecular formula is C18H25N3OS2. The number of hydrogen-bond donors (Lipinski definition) is 3. The van der Waals surface area contributed by atoms with Crippen molar-refractivity contribution in [3.8, 4) is 5.75 Å². The Bertz CT molecular complexity index is 612. The first kappa shape index (κ1) is 18.7. The van der Waals surface area contributed by atoms with Gasteiger partial charge < -0.3 is 20.6 Å². The third-order valence-electron chi connectivity index (χ3n) is 3.92. The highest BCUT2D eigenvalue weighted by Gasteiger charge is 2.12. The number of nitrogens with zero attached hydrogens (tertiary/aromatic N) is 1. The van der Waals surface area contributed by atoms with Crippen molar-refractivity contribution in [2.45, 2.75) is 18.9 Å². The second-order valence-corrected chi connectivity index (χ2v) is 7.19. The van der Waals surface area contributed by atoms with Gasteiger partial charge in [0.15, 0.2) is 5.11 Å². The second kappa shape index (κ2) is 9.61. The fraction of sp³-hybridized carbons (Fsp3) is 0.389. The van der Waals surface area contributed by atoms with Gasteiger partial charge in [0.25, 0.3) is 0 Å². The Labute approximate surface area is 153 Å². The summed E-state index contributed by atoms with van der Waals surface area (Å²) < 4.78 is 0. The van der Waals surface area contributed by atoms with Crippen molar-refractivity contribution in [1.82, 2.24) is 15.5 Å². The van der Waals surface area contributed by atoms with E-state index in [1.165, 1.54) is 11.1 Å². The molecule has 0 aliphatic heterocycles. The largest absolute Gasteiger partial charge is 0.508 e. The van der Waals surface area contributed by atoms with Gasteiger partial charge in [0.05, 0.1) is 0 Å². The lowest BCUT2D eigenvalue weighted by Crippen LogP contribution is -2.45. The Kier molecular flexibility index (Phi) is 7.49. The Hall–Kier alpha value is -1.63. The molecule has 0 radical (unpaired) electrons. The number of thiophene rings is 1. The Balaban J connectivity index is 1.73. The molecule has 0 saturated heterocycles. The van der Waals surface area contributed by atoms with Crippen molar-refractivity contribution in [2.24, 2.45) is 0 Å². The minimum atomic E-state index is 0.300. The topological polar surface area (TPSA) is 47.5 Å². The number of rotatable bonds is 8. The normalized spacial score (nSPS) is 12.1. The number of benzene rings is 1. The van der Waals surface area contributed by atoms with Gasteiger partial charge in [-0.1, -0.05) is 12.1 Å². The van der Waals surface area contributed by atoms with Crippen LogP contribution in [0, 0.1) is 0 Å². The van der Waals surface area contributed by atoms with E-state index in [0.29, 0.717) is 16.9 Å². The van der Waals surface area contributed by atoms with Crippen molar-refractivity contribution in [3.05, 3.63) is 52.2 Å². The molecule has 1 heterocycles. The fourth-order valence-corrected chi connectivity index (χ4v) is 3.26. The monoisotopic (exact) mass is 363 g/mol. The van der Waals surface area contributed by atoms with E-state index in [9.17, 15) is 5.11 Å². The molecular weight excluding hydrogens is 338 g/mol. The van der Waals surface area contributed by atoms with Crippen LogP contribution in [-0.2, 0) is 12.8 Å². The van der Waals surface area contributed by atoms with Crippen molar-refractivity contribution in [3.63, 3.8) is 0 Å². The number of thiocarbonyl (C=S) groups is 1. The van der Waals surface area contributed by atoms with Crippen LogP contribution in [0.1, 0.15) is 11.1 Å². The maximum absolute atomic E-state index is 9.38. The lowest BCUT2D eigenvalue weighted by atomic mass is 10.1. The van der Waals surface area contributed by atoms with Crippen molar-refractivity contribution < 1.29 is 5.11 Å². The Morgan fingerprint density at radius 1 is 1.17 bits per heavy atom. The summed E-state index contributed by atoms with van der Waals surface area (Å²) in [5.41, 5.74) is 2.54. The molecule has 24 heavy (non-hydrogen) atoms. The second-order valence-electron chi connectivity index (χ2n) is 6.01. The van der Waals surface area contributed by atoms with E-state index in [1.807, 2.05) is 12.1 Å². The summed E-state index contributed by atoms with van der Waals surface area (Å²) in [6, 6.07) is 9.85. The van der Waals surface area contributed by atoms with Gasteiger partial charge in [-0.2, -0.15) is 11.3 Å². The van der Waals surface area contributed by atoms with Crippen LogP contribution < -0.4 is 10.6 Å². The van der Waals surface area contributed by atoms with Gasteiger partial charge in [-0.05, 0) is 79.2 Å². The standard InChI is InChI=1S/C18H25N3OS2/c1-21(2)16(11-14-3-5-17(22)6-4-14)12-20-18(23)19-9-7-15-8-10-24-13-15/h3-6,8,10,13,16,22H,7,9,11-12H2,1-2H3,(H2,19,20,23)/t16-/m0/s1. The lowest BCUT2D eigenvalue weighted by molar-refractivity contribution is 0.290. The molecule has 1 aromatic heterocycles. The average Bonchev–Trinajstić information content (AvgIpc) is 3.06. The molecule has 4 nitrogen and oxygen atoms in total. The maximum atomic E-state index is 9.38. The van der Waals surface area contributed by atoms with Gasteiger partial charge in [0.1, 0.15) is 5.75 Å². The highest BCUT2D eigenvalue weighted by molar-refractivity contribution is 7.80. The zero-order valence-electron chi connectivity index (χ0n) is 14.2. The zero-order chi connectivity index (χ0) is 17.4. The number of phenols is 1. The minimum Gasteiger partial charge on any atom is -0.508 e. The molecule has 3 N–H and O–H groups in total. The minimum absolute atomic E-state index is 0.300. The molecule has 0 amide bonds. The molecule has 0 saturated carbocycles. The molecule has 2 rings (SSSR count). The summed E-state index contributed by atoms with van der Waals surface area (Å²) >= 11 is 7.08. The van der Waals surface area contributed by atoms with Crippen LogP contribution in [0.15, 0.2) is 41.1 Å². The first-order chi connectivity index (χ1) is 11.5. The predicted molar refractivity (Wildman–Crippen MR) is 106 cm³/mol. The van der Waals surface area contributed by atoms with Crippen LogP contribution in [0.4, 0.5) is 0 Å². The van der Waals surface area contributed by atoms with Gasteiger partial charge in [-0.25, -0.2) is 0 Å². The smallest absolute Gasteiger partial charge is 0.166 e. The number of nitrogens with one attached hydrogen (secondary N) is 2. The molecule has 1 atom stereocenters. The molecule has 1 aromatic carbocycles. The number of hydrogen-bond acceptors (Lipinski definition) is 4. The SMILES string of the molecule is CN(C)[C@H](CNC(=S)NCCc1ccsc1)Cc1ccc(O)cc1. The van der Waals surface area contributed by atoms with Crippen LogP contribution in [0.3, 0.4) is 0 Å². The lowest BCUT2D eigenvalue weighted by Gasteiger charge is -2.25. The van der Waals surface area contributed by atoms with E-state index in [0.717, 1.165) is 25.9 Å². The van der Waals surface area contributed by atoms with Crippen molar-refractivity contribution in [1.29, 1.82) is 0 Å². The molecule has 0 unspecified atom stereocenters.